The summed E-state index contributed by atoms with van der Waals surface area (Å²) in [6.07, 6.45) is 1.02. The smallest absolute Gasteiger partial charge is 0.224 e. The molecule has 5 heteroatoms. The number of benzene rings is 2. The average molecular weight is 348 g/mol. The molecule has 4 nitrogen and oxygen atoms in total. The number of furan rings is 1. The molecule has 0 fully saturated rings. The van der Waals surface area contributed by atoms with E-state index in [-0.39, 0.29) is 18.1 Å². The van der Waals surface area contributed by atoms with Crippen LogP contribution in [0.1, 0.15) is 17.7 Å². The summed E-state index contributed by atoms with van der Waals surface area (Å²) in [5.41, 5.74) is 1.99. The van der Waals surface area contributed by atoms with Crippen molar-refractivity contribution in [3.8, 4) is 17.4 Å². The van der Waals surface area contributed by atoms with Crippen molar-refractivity contribution in [2.75, 3.05) is 5.32 Å². The number of hydrogen-bond acceptors (Lipinski definition) is 3. The van der Waals surface area contributed by atoms with E-state index in [1.54, 1.807) is 42.5 Å². The normalized spacial score (nSPS) is 10.3. The molecule has 0 atom stereocenters. The van der Waals surface area contributed by atoms with Crippen molar-refractivity contribution in [2.24, 2.45) is 0 Å². The summed E-state index contributed by atoms with van der Waals surface area (Å²) in [7, 11) is 0. The van der Waals surface area contributed by atoms with Crippen molar-refractivity contribution < 1.29 is 13.6 Å². The first-order valence-electron chi connectivity index (χ1n) is 8.25. The van der Waals surface area contributed by atoms with Gasteiger partial charge in [-0.05, 0) is 42.0 Å². The lowest BCUT2D eigenvalue weighted by atomic mass is 10.1. The molecular weight excluding hydrogens is 331 g/mol. The molecule has 3 rings (SSSR count). The molecule has 130 valence electrons. The maximum absolute atomic E-state index is 13.8. The molecule has 0 bridgehead atoms. The van der Waals surface area contributed by atoms with E-state index in [0.717, 1.165) is 5.56 Å². The number of halogens is 1. The van der Waals surface area contributed by atoms with Gasteiger partial charge in [0.25, 0.3) is 0 Å². The fourth-order valence-corrected chi connectivity index (χ4v) is 2.58. The van der Waals surface area contributed by atoms with Gasteiger partial charge in [-0.25, -0.2) is 4.39 Å². The molecule has 0 spiro atoms. The van der Waals surface area contributed by atoms with Crippen LogP contribution in [0.15, 0.2) is 65.1 Å². The first kappa shape index (κ1) is 17.4. The Morgan fingerprint density at radius 1 is 1.08 bits per heavy atom. The Balaban J connectivity index is 1.55. The molecular formula is C21H17FN2O2. The van der Waals surface area contributed by atoms with Crippen molar-refractivity contribution in [3.05, 3.63) is 77.8 Å². The molecule has 1 N–H and O–H groups in total. The highest BCUT2D eigenvalue weighted by molar-refractivity contribution is 5.90. The molecule has 0 radical (unpaired) electrons. The van der Waals surface area contributed by atoms with Crippen LogP contribution in [-0.2, 0) is 17.6 Å². The Labute approximate surface area is 150 Å². The zero-order valence-corrected chi connectivity index (χ0v) is 14.0. The summed E-state index contributed by atoms with van der Waals surface area (Å²) in [4.78, 5) is 12.1. The van der Waals surface area contributed by atoms with Crippen molar-refractivity contribution in [2.45, 2.75) is 19.3 Å². The van der Waals surface area contributed by atoms with E-state index in [1.165, 1.54) is 6.07 Å². The minimum absolute atomic E-state index is 0.137. The lowest BCUT2D eigenvalue weighted by Crippen LogP contribution is -2.12. The van der Waals surface area contributed by atoms with Crippen LogP contribution in [-0.4, -0.2) is 5.91 Å². The van der Waals surface area contributed by atoms with Crippen molar-refractivity contribution in [1.29, 1.82) is 5.26 Å². The van der Waals surface area contributed by atoms with Gasteiger partial charge in [-0.3, -0.25) is 4.79 Å². The van der Waals surface area contributed by atoms with Crippen molar-refractivity contribution >= 4 is 11.6 Å². The van der Waals surface area contributed by atoms with E-state index in [2.05, 4.69) is 11.4 Å². The van der Waals surface area contributed by atoms with Crippen LogP contribution in [0.3, 0.4) is 0 Å². The van der Waals surface area contributed by atoms with E-state index in [9.17, 15) is 9.18 Å². The number of carbonyl (C=O) groups excluding carboxylic acids is 1. The van der Waals surface area contributed by atoms with Crippen molar-refractivity contribution in [3.63, 3.8) is 0 Å². The van der Waals surface area contributed by atoms with Crippen LogP contribution < -0.4 is 5.32 Å². The van der Waals surface area contributed by atoms with Gasteiger partial charge in [0.2, 0.25) is 5.91 Å². The summed E-state index contributed by atoms with van der Waals surface area (Å²) >= 11 is 0. The number of nitrogens with zero attached hydrogens (tertiary/aromatic N) is 1. The summed E-state index contributed by atoms with van der Waals surface area (Å²) < 4.78 is 19.4. The lowest BCUT2D eigenvalue weighted by molar-refractivity contribution is -0.116. The molecule has 3 aromatic rings. The number of aryl methyl sites for hydroxylation is 1. The molecule has 0 unspecified atom stereocenters. The Morgan fingerprint density at radius 2 is 1.85 bits per heavy atom. The van der Waals surface area contributed by atoms with Crippen LogP contribution in [0.25, 0.3) is 11.3 Å². The highest BCUT2D eigenvalue weighted by Crippen LogP contribution is 2.25. The molecule has 0 saturated carbocycles. The Morgan fingerprint density at radius 3 is 2.58 bits per heavy atom. The van der Waals surface area contributed by atoms with Crippen LogP contribution in [0.5, 0.6) is 0 Å². The number of amides is 1. The maximum Gasteiger partial charge on any atom is 0.224 e. The van der Waals surface area contributed by atoms with Gasteiger partial charge in [0, 0.05) is 18.5 Å². The molecule has 1 aromatic heterocycles. The maximum atomic E-state index is 13.8. The first-order chi connectivity index (χ1) is 12.7. The fourth-order valence-electron chi connectivity index (χ4n) is 2.58. The van der Waals surface area contributed by atoms with Crippen molar-refractivity contribution in [1.82, 2.24) is 0 Å². The standard InChI is InChI=1S/C21H17FN2O2/c22-19-4-2-1-3-18(19)20-11-9-17(26-20)10-12-21(25)24-16-7-5-15(6-8-16)13-14-23/h1-9,11H,10,12-13H2,(H,24,25). The van der Waals surface area contributed by atoms with Crippen LogP contribution in [0.2, 0.25) is 0 Å². The number of anilines is 1. The number of nitrogens with one attached hydrogen (secondary N) is 1. The van der Waals surface area contributed by atoms with E-state index in [4.69, 9.17) is 9.68 Å². The largest absolute Gasteiger partial charge is 0.461 e. The SMILES string of the molecule is N#CCc1ccc(NC(=O)CCc2ccc(-c3ccccc3F)o2)cc1. The lowest BCUT2D eigenvalue weighted by Gasteiger charge is -2.05. The minimum Gasteiger partial charge on any atom is -0.461 e. The van der Waals surface area contributed by atoms with Gasteiger partial charge < -0.3 is 9.73 Å². The number of hydrogen-bond donors (Lipinski definition) is 1. The Bertz CT molecular complexity index is 939. The Kier molecular flexibility index (Phi) is 5.45. The van der Waals surface area contributed by atoms with Gasteiger partial charge in [0.1, 0.15) is 17.3 Å². The molecule has 0 aliphatic heterocycles. The van der Waals surface area contributed by atoms with E-state index in [0.29, 0.717) is 35.6 Å². The number of rotatable bonds is 6. The van der Waals surface area contributed by atoms with Gasteiger partial charge >= 0.3 is 0 Å². The number of carbonyl (C=O) groups is 1. The second-order valence-corrected chi connectivity index (χ2v) is 5.83. The molecule has 1 heterocycles. The molecule has 0 saturated heterocycles. The van der Waals surface area contributed by atoms with Gasteiger partial charge in [-0.1, -0.05) is 24.3 Å². The summed E-state index contributed by atoms with van der Waals surface area (Å²) in [6.45, 7) is 0. The van der Waals surface area contributed by atoms with E-state index in [1.807, 2.05) is 12.1 Å². The zero-order chi connectivity index (χ0) is 18.4. The molecule has 1 amide bonds. The van der Waals surface area contributed by atoms with Crippen LogP contribution >= 0.6 is 0 Å². The second kappa shape index (κ2) is 8.13. The van der Waals surface area contributed by atoms with Gasteiger partial charge in [-0.15, -0.1) is 0 Å². The third-order valence-electron chi connectivity index (χ3n) is 3.92. The summed E-state index contributed by atoms with van der Waals surface area (Å²) in [5, 5.41) is 11.5. The predicted octanol–water partition coefficient (Wildman–Crippen LogP) is 4.72. The third-order valence-corrected chi connectivity index (χ3v) is 3.92. The summed E-state index contributed by atoms with van der Waals surface area (Å²) in [6, 6.07) is 19.1. The third kappa shape index (κ3) is 4.37. The van der Waals surface area contributed by atoms with Crippen LogP contribution in [0, 0.1) is 17.1 Å². The van der Waals surface area contributed by atoms with Gasteiger partial charge in [0.05, 0.1) is 18.1 Å². The van der Waals surface area contributed by atoms with E-state index < -0.39 is 0 Å². The van der Waals surface area contributed by atoms with Crippen LogP contribution in [0.4, 0.5) is 10.1 Å². The highest BCUT2D eigenvalue weighted by atomic mass is 19.1. The van der Waals surface area contributed by atoms with E-state index >= 15 is 0 Å². The topological polar surface area (TPSA) is 66.0 Å². The monoisotopic (exact) mass is 348 g/mol. The average Bonchev–Trinajstić information content (AvgIpc) is 3.11. The molecule has 0 aliphatic carbocycles. The molecule has 0 aliphatic rings. The Hall–Kier alpha value is -3.39. The van der Waals surface area contributed by atoms with Gasteiger partial charge in [0.15, 0.2) is 0 Å². The second-order valence-electron chi connectivity index (χ2n) is 5.83. The highest BCUT2D eigenvalue weighted by Gasteiger charge is 2.10. The van der Waals surface area contributed by atoms with Gasteiger partial charge in [-0.2, -0.15) is 5.26 Å². The quantitative estimate of drug-likeness (QED) is 0.701. The fraction of sp³-hybridized carbons (Fsp3) is 0.143. The predicted molar refractivity (Wildman–Crippen MR) is 96.8 cm³/mol. The number of nitriles is 1. The first-order valence-corrected chi connectivity index (χ1v) is 8.25. The molecule has 26 heavy (non-hydrogen) atoms. The molecule has 2 aromatic carbocycles. The summed E-state index contributed by atoms with van der Waals surface area (Å²) in [5.74, 6) is 0.599. The minimum atomic E-state index is -0.342. The zero-order valence-electron chi connectivity index (χ0n) is 14.0.